The zero-order valence-corrected chi connectivity index (χ0v) is 10.8. The van der Waals surface area contributed by atoms with Gasteiger partial charge in [-0.15, -0.1) is 11.8 Å². The molecule has 0 aliphatic rings. The Morgan fingerprint density at radius 1 is 1.47 bits per heavy atom. The van der Waals surface area contributed by atoms with Crippen LogP contribution in [0.2, 0.25) is 0 Å². The maximum atomic E-state index is 11.2. The normalized spacial score (nSPS) is 10.1. The van der Waals surface area contributed by atoms with Gasteiger partial charge in [0.25, 0.3) is 0 Å². The van der Waals surface area contributed by atoms with Gasteiger partial charge in [-0.2, -0.15) is 10.4 Å². The fourth-order valence-corrected chi connectivity index (χ4v) is 2.19. The number of benzene rings is 1. The Balaban J connectivity index is 2.56. The monoisotopic (exact) mass is 274 g/mol. The van der Waals surface area contributed by atoms with Crippen molar-refractivity contribution in [1.82, 2.24) is 9.78 Å². The van der Waals surface area contributed by atoms with Crippen molar-refractivity contribution in [2.75, 3.05) is 12.0 Å². The number of carbonyl (C=O) groups is 1. The van der Waals surface area contributed by atoms with Gasteiger partial charge >= 0.3 is 5.97 Å². The highest BCUT2D eigenvalue weighted by Gasteiger charge is 2.21. The molecule has 2 rings (SSSR count). The minimum atomic E-state index is -1.11. The molecule has 0 saturated carbocycles. The summed E-state index contributed by atoms with van der Waals surface area (Å²) in [6, 6.07) is 8.58. The molecule has 0 spiro atoms. The van der Waals surface area contributed by atoms with Crippen molar-refractivity contribution in [2.24, 2.45) is 0 Å². The first-order chi connectivity index (χ1) is 9.08. The highest BCUT2D eigenvalue weighted by atomic mass is 32.2. The van der Waals surface area contributed by atoms with Crippen molar-refractivity contribution in [1.29, 1.82) is 5.26 Å². The van der Waals surface area contributed by atoms with Crippen LogP contribution in [0.4, 0.5) is 5.82 Å². The van der Waals surface area contributed by atoms with Gasteiger partial charge in [-0.25, -0.2) is 9.48 Å². The molecule has 0 atom stereocenters. The molecule has 6 nitrogen and oxygen atoms in total. The lowest BCUT2D eigenvalue weighted by Crippen LogP contribution is -2.05. The molecule has 0 bridgehead atoms. The standard InChI is InChI=1S/C12H10N4O2S/c1-19-11-9(12(17)18)10(14)16(15-11)8-4-2-7(6-13)3-5-8/h2-5H,14H2,1H3,(H,17,18). The van der Waals surface area contributed by atoms with Crippen molar-refractivity contribution in [3.05, 3.63) is 35.4 Å². The second-order valence-corrected chi connectivity index (χ2v) is 4.44. The minimum absolute atomic E-state index is 0.00291. The molecule has 1 aromatic carbocycles. The van der Waals surface area contributed by atoms with Crippen molar-refractivity contribution >= 4 is 23.5 Å². The largest absolute Gasteiger partial charge is 0.477 e. The fraction of sp³-hybridized carbons (Fsp3) is 0.0833. The van der Waals surface area contributed by atoms with Crippen LogP contribution in [-0.2, 0) is 0 Å². The smallest absolute Gasteiger partial charge is 0.342 e. The number of nitrogen functional groups attached to an aromatic ring is 1. The molecule has 0 aliphatic heterocycles. The van der Waals surface area contributed by atoms with Crippen molar-refractivity contribution < 1.29 is 9.90 Å². The lowest BCUT2D eigenvalue weighted by molar-refractivity contribution is 0.0694. The first-order valence-corrected chi connectivity index (χ1v) is 6.47. The third kappa shape index (κ3) is 2.26. The number of aromatic nitrogens is 2. The van der Waals surface area contributed by atoms with Crippen molar-refractivity contribution in [2.45, 2.75) is 5.03 Å². The van der Waals surface area contributed by atoms with E-state index < -0.39 is 5.97 Å². The van der Waals surface area contributed by atoms with Crippen LogP contribution in [0.5, 0.6) is 0 Å². The lowest BCUT2D eigenvalue weighted by atomic mass is 10.2. The molecule has 1 aromatic heterocycles. The van der Waals surface area contributed by atoms with E-state index in [2.05, 4.69) is 5.10 Å². The molecular formula is C12H10N4O2S. The number of carboxylic acids is 1. The average molecular weight is 274 g/mol. The summed E-state index contributed by atoms with van der Waals surface area (Å²) in [4.78, 5) is 11.2. The molecule has 0 radical (unpaired) electrons. The van der Waals surface area contributed by atoms with Crippen LogP contribution < -0.4 is 5.73 Å². The van der Waals surface area contributed by atoms with E-state index in [1.54, 1.807) is 30.5 Å². The summed E-state index contributed by atoms with van der Waals surface area (Å²) < 4.78 is 1.36. The van der Waals surface area contributed by atoms with Gasteiger partial charge in [0.15, 0.2) is 0 Å². The number of aromatic carboxylic acids is 1. The summed E-state index contributed by atoms with van der Waals surface area (Å²) in [5.74, 6) is -1.04. The Morgan fingerprint density at radius 2 is 2.11 bits per heavy atom. The topological polar surface area (TPSA) is 105 Å². The Hall–Kier alpha value is -2.46. The minimum Gasteiger partial charge on any atom is -0.477 e. The molecule has 19 heavy (non-hydrogen) atoms. The summed E-state index contributed by atoms with van der Waals surface area (Å²) in [6.45, 7) is 0. The predicted molar refractivity (Wildman–Crippen MR) is 71.4 cm³/mol. The van der Waals surface area contributed by atoms with Crippen LogP contribution in [0, 0.1) is 11.3 Å². The number of hydrogen-bond donors (Lipinski definition) is 2. The van der Waals surface area contributed by atoms with E-state index in [-0.39, 0.29) is 11.4 Å². The Kier molecular flexibility index (Phi) is 3.44. The van der Waals surface area contributed by atoms with E-state index in [4.69, 9.17) is 16.1 Å². The molecule has 0 fully saturated rings. The number of anilines is 1. The summed E-state index contributed by atoms with van der Waals surface area (Å²) >= 11 is 1.22. The number of thioether (sulfide) groups is 1. The van der Waals surface area contributed by atoms with Crippen LogP contribution in [-0.4, -0.2) is 27.1 Å². The molecule has 0 saturated heterocycles. The quantitative estimate of drug-likeness (QED) is 0.826. The highest BCUT2D eigenvalue weighted by molar-refractivity contribution is 7.98. The first kappa shape index (κ1) is 13.0. The third-order valence-electron chi connectivity index (χ3n) is 2.54. The van der Waals surface area contributed by atoms with Gasteiger partial charge in [-0.05, 0) is 30.5 Å². The van der Waals surface area contributed by atoms with Gasteiger partial charge in [-0.3, -0.25) is 0 Å². The molecule has 0 amide bonds. The van der Waals surface area contributed by atoms with E-state index in [0.717, 1.165) is 0 Å². The molecule has 96 valence electrons. The summed E-state index contributed by atoms with van der Waals surface area (Å²) in [5.41, 5.74) is 6.94. The molecule has 2 aromatic rings. The zero-order chi connectivity index (χ0) is 14.0. The lowest BCUT2D eigenvalue weighted by Gasteiger charge is -2.03. The number of rotatable bonds is 3. The SMILES string of the molecule is CSc1nn(-c2ccc(C#N)cc2)c(N)c1C(=O)O. The number of hydrogen-bond acceptors (Lipinski definition) is 5. The molecule has 0 aliphatic carbocycles. The average Bonchev–Trinajstić information content (AvgIpc) is 2.76. The maximum Gasteiger partial charge on any atom is 0.342 e. The summed E-state index contributed by atoms with van der Waals surface area (Å²) in [5, 5.41) is 22.4. The Labute approximate surface area is 113 Å². The highest BCUT2D eigenvalue weighted by Crippen LogP contribution is 2.27. The van der Waals surface area contributed by atoms with E-state index >= 15 is 0 Å². The van der Waals surface area contributed by atoms with E-state index in [1.807, 2.05) is 6.07 Å². The first-order valence-electron chi connectivity index (χ1n) is 5.24. The molecular weight excluding hydrogens is 264 g/mol. The second kappa shape index (κ2) is 5.04. The zero-order valence-electron chi connectivity index (χ0n) is 9.99. The molecule has 3 N–H and O–H groups in total. The Bertz CT molecular complexity index is 670. The molecule has 0 unspecified atom stereocenters. The summed E-state index contributed by atoms with van der Waals surface area (Å²) in [6.07, 6.45) is 1.73. The molecule has 7 heteroatoms. The van der Waals surface area contributed by atoms with Crippen LogP contribution >= 0.6 is 11.8 Å². The second-order valence-electron chi connectivity index (χ2n) is 3.65. The van der Waals surface area contributed by atoms with E-state index in [9.17, 15) is 4.79 Å². The van der Waals surface area contributed by atoms with Gasteiger partial charge in [0, 0.05) is 0 Å². The number of nitriles is 1. The van der Waals surface area contributed by atoms with Gasteiger partial charge in [0.1, 0.15) is 16.4 Å². The van der Waals surface area contributed by atoms with Crippen LogP contribution in [0.25, 0.3) is 5.69 Å². The van der Waals surface area contributed by atoms with Crippen molar-refractivity contribution in [3.8, 4) is 11.8 Å². The third-order valence-corrected chi connectivity index (χ3v) is 3.21. The molecule has 1 heterocycles. The maximum absolute atomic E-state index is 11.2. The summed E-state index contributed by atoms with van der Waals surface area (Å²) in [7, 11) is 0. The predicted octanol–water partition coefficient (Wildman–Crippen LogP) is 1.75. The van der Waals surface area contributed by atoms with Gasteiger partial charge in [-0.1, -0.05) is 0 Å². The van der Waals surface area contributed by atoms with Gasteiger partial charge in [0.2, 0.25) is 0 Å². The van der Waals surface area contributed by atoms with Crippen LogP contribution in [0.3, 0.4) is 0 Å². The van der Waals surface area contributed by atoms with E-state index in [1.165, 1.54) is 16.4 Å². The fourth-order valence-electron chi connectivity index (χ4n) is 1.63. The van der Waals surface area contributed by atoms with Crippen molar-refractivity contribution in [3.63, 3.8) is 0 Å². The number of nitrogens with zero attached hydrogens (tertiary/aromatic N) is 3. The van der Waals surface area contributed by atoms with Crippen LogP contribution in [0.1, 0.15) is 15.9 Å². The van der Waals surface area contributed by atoms with Gasteiger partial charge in [0.05, 0.1) is 17.3 Å². The number of nitrogens with two attached hydrogens (primary N) is 1. The number of carboxylic acid groups (broad SMARTS) is 1. The Morgan fingerprint density at radius 3 is 2.53 bits per heavy atom. The van der Waals surface area contributed by atoms with Gasteiger partial charge < -0.3 is 10.8 Å². The van der Waals surface area contributed by atoms with E-state index in [0.29, 0.717) is 16.3 Å². The van der Waals surface area contributed by atoms with Crippen LogP contribution in [0.15, 0.2) is 29.3 Å².